The number of aliphatic hydroxyl groups excluding tert-OH is 1. The van der Waals surface area contributed by atoms with Crippen LogP contribution in [0.1, 0.15) is 30.6 Å². The Labute approximate surface area is 141 Å². The van der Waals surface area contributed by atoms with Crippen molar-refractivity contribution in [2.45, 2.75) is 31.9 Å². The van der Waals surface area contributed by atoms with Crippen molar-refractivity contribution >= 4 is 5.91 Å². The average Bonchev–Trinajstić information content (AvgIpc) is 2.59. The van der Waals surface area contributed by atoms with Crippen molar-refractivity contribution in [1.82, 2.24) is 5.32 Å². The fraction of sp³-hybridized carbons (Fsp3) is 0.316. The number of ether oxygens (including phenoxy) is 1. The molecule has 2 aromatic carbocycles. The Bertz CT molecular complexity index is 673. The first kappa shape index (κ1) is 17.9. The summed E-state index contributed by atoms with van der Waals surface area (Å²) in [4.78, 5) is 12.0. The van der Waals surface area contributed by atoms with Crippen molar-refractivity contribution in [3.8, 4) is 5.75 Å². The second-order valence-electron chi connectivity index (χ2n) is 5.70. The molecule has 0 radical (unpaired) electrons. The number of halogens is 1. The number of amides is 1. The zero-order chi connectivity index (χ0) is 17.5. The van der Waals surface area contributed by atoms with Gasteiger partial charge in [0.2, 0.25) is 5.91 Å². The van der Waals surface area contributed by atoms with Crippen molar-refractivity contribution in [1.29, 1.82) is 0 Å². The number of rotatable bonds is 7. The number of benzene rings is 2. The Morgan fingerprint density at radius 1 is 1.25 bits per heavy atom. The van der Waals surface area contributed by atoms with Crippen LogP contribution in [0.25, 0.3) is 0 Å². The first-order valence-corrected chi connectivity index (χ1v) is 7.85. The lowest BCUT2D eigenvalue weighted by atomic mass is 10.0. The molecule has 2 N–H and O–H groups in total. The molecule has 0 aromatic heterocycles. The van der Waals surface area contributed by atoms with E-state index in [1.165, 1.54) is 12.1 Å². The summed E-state index contributed by atoms with van der Waals surface area (Å²) in [5.41, 5.74) is 1.47. The van der Waals surface area contributed by atoms with Crippen molar-refractivity contribution < 1.29 is 19.0 Å². The molecule has 2 atom stereocenters. The topological polar surface area (TPSA) is 58.6 Å². The largest absolute Gasteiger partial charge is 0.497 e. The second kappa shape index (κ2) is 8.45. The molecule has 0 aliphatic rings. The van der Waals surface area contributed by atoms with Crippen LogP contribution in [0.3, 0.4) is 0 Å². The van der Waals surface area contributed by atoms with Crippen LogP contribution in [-0.4, -0.2) is 24.2 Å². The summed E-state index contributed by atoms with van der Waals surface area (Å²) in [5.74, 6) is 0.216. The van der Waals surface area contributed by atoms with Gasteiger partial charge in [-0.3, -0.25) is 4.79 Å². The van der Waals surface area contributed by atoms with Crippen LogP contribution in [-0.2, 0) is 11.2 Å². The summed E-state index contributed by atoms with van der Waals surface area (Å²) in [7, 11) is 1.58. The third-order valence-electron chi connectivity index (χ3n) is 3.85. The minimum Gasteiger partial charge on any atom is -0.497 e. The molecular formula is C19H22FNO3. The molecule has 128 valence electrons. The predicted octanol–water partition coefficient (Wildman–Crippen LogP) is 3.01. The number of methoxy groups -OCH3 is 1. The number of aryl methyl sites for hydroxylation is 1. The minimum atomic E-state index is -0.811. The van der Waals surface area contributed by atoms with E-state index in [9.17, 15) is 14.3 Å². The van der Waals surface area contributed by atoms with E-state index in [-0.39, 0.29) is 18.1 Å². The number of nitrogens with one attached hydrogen (secondary N) is 1. The molecule has 0 aliphatic carbocycles. The molecule has 1 amide bonds. The third kappa shape index (κ3) is 5.06. The molecule has 2 rings (SSSR count). The third-order valence-corrected chi connectivity index (χ3v) is 3.85. The van der Waals surface area contributed by atoms with Crippen LogP contribution < -0.4 is 10.1 Å². The lowest BCUT2D eigenvalue weighted by Gasteiger charge is -2.21. The molecule has 2 unspecified atom stereocenters. The Kier molecular flexibility index (Phi) is 6.32. The molecule has 0 spiro atoms. The smallest absolute Gasteiger partial charge is 0.220 e. The van der Waals surface area contributed by atoms with Crippen molar-refractivity contribution in [2.75, 3.05) is 7.11 Å². The van der Waals surface area contributed by atoms with Gasteiger partial charge in [-0.15, -0.1) is 0 Å². The van der Waals surface area contributed by atoms with E-state index in [1.807, 2.05) is 0 Å². The average molecular weight is 331 g/mol. The van der Waals surface area contributed by atoms with E-state index in [0.717, 1.165) is 5.56 Å². The maximum absolute atomic E-state index is 13.1. The fourth-order valence-electron chi connectivity index (χ4n) is 2.45. The van der Waals surface area contributed by atoms with Crippen LogP contribution in [0.15, 0.2) is 48.5 Å². The van der Waals surface area contributed by atoms with Gasteiger partial charge in [-0.25, -0.2) is 4.39 Å². The standard InChI is InChI=1S/C19H22FNO3/c1-13(19(23)15-7-9-17(24-2)10-8-15)21-18(22)11-6-14-4-3-5-16(20)12-14/h3-5,7-10,12-13,19,23H,6,11H2,1-2H3,(H,21,22). The monoisotopic (exact) mass is 331 g/mol. The van der Waals surface area contributed by atoms with Gasteiger partial charge in [0.1, 0.15) is 11.6 Å². The molecular weight excluding hydrogens is 309 g/mol. The number of aliphatic hydroxyl groups is 1. The van der Waals surface area contributed by atoms with E-state index in [2.05, 4.69) is 5.32 Å². The van der Waals surface area contributed by atoms with Gasteiger partial charge in [0.05, 0.1) is 19.3 Å². The number of carbonyl (C=O) groups excluding carboxylic acids is 1. The van der Waals surface area contributed by atoms with Crippen LogP contribution in [0.5, 0.6) is 5.75 Å². The lowest BCUT2D eigenvalue weighted by Crippen LogP contribution is -2.37. The molecule has 0 saturated heterocycles. The zero-order valence-electron chi connectivity index (χ0n) is 13.8. The molecule has 4 nitrogen and oxygen atoms in total. The van der Waals surface area contributed by atoms with Gasteiger partial charge >= 0.3 is 0 Å². The van der Waals surface area contributed by atoms with E-state index in [0.29, 0.717) is 17.7 Å². The number of hydrogen-bond donors (Lipinski definition) is 2. The van der Waals surface area contributed by atoms with Crippen LogP contribution in [0.2, 0.25) is 0 Å². The summed E-state index contributed by atoms with van der Waals surface area (Å²) in [6.45, 7) is 1.75. The fourth-order valence-corrected chi connectivity index (χ4v) is 2.45. The maximum Gasteiger partial charge on any atom is 0.220 e. The summed E-state index contributed by atoms with van der Waals surface area (Å²) in [5, 5.41) is 13.1. The lowest BCUT2D eigenvalue weighted by molar-refractivity contribution is -0.122. The molecule has 24 heavy (non-hydrogen) atoms. The SMILES string of the molecule is COc1ccc(C(O)C(C)NC(=O)CCc2cccc(F)c2)cc1. The Morgan fingerprint density at radius 3 is 2.58 bits per heavy atom. The molecule has 0 aliphatic heterocycles. The quantitative estimate of drug-likeness (QED) is 0.820. The highest BCUT2D eigenvalue weighted by molar-refractivity contribution is 5.76. The van der Waals surface area contributed by atoms with Gasteiger partial charge in [0.25, 0.3) is 0 Å². The van der Waals surface area contributed by atoms with Crippen LogP contribution in [0.4, 0.5) is 4.39 Å². The van der Waals surface area contributed by atoms with Gasteiger partial charge < -0.3 is 15.2 Å². The summed E-state index contributed by atoms with van der Waals surface area (Å²) in [6, 6.07) is 12.8. The van der Waals surface area contributed by atoms with Crippen molar-refractivity contribution in [3.63, 3.8) is 0 Å². The molecule has 0 heterocycles. The van der Waals surface area contributed by atoms with E-state index in [1.54, 1.807) is 50.4 Å². The normalized spacial score (nSPS) is 13.2. The number of carbonyl (C=O) groups is 1. The predicted molar refractivity (Wildman–Crippen MR) is 90.3 cm³/mol. The zero-order valence-corrected chi connectivity index (χ0v) is 13.8. The molecule has 0 fully saturated rings. The van der Waals surface area contributed by atoms with Gasteiger partial charge in [-0.1, -0.05) is 24.3 Å². The highest BCUT2D eigenvalue weighted by Crippen LogP contribution is 2.20. The number of hydrogen-bond acceptors (Lipinski definition) is 3. The first-order valence-electron chi connectivity index (χ1n) is 7.85. The van der Waals surface area contributed by atoms with Gasteiger partial charge in [-0.05, 0) is 48.7 Å². The highest BCUT2D eigenvalue weighted by atomic mass is 19.1. The second-order valence-corrected chi connectivity index (χ2v) is 5.70. The molecule has 0 bridgehead atoms. The van der Waals surface area contributed by atoms with Crippen LogP contribution in [0, 0.1) is 5.82 Å². The van der Waals surface area contributed by atoms with Crippen molar-refractivity contribution in [2.24, 2.45) is 0 Å². The molecule has 0 saturated carbocycles. The summed E-state index contributed by atoms with van der Waals surface area (Å²) >= 11 is 0. The van der Waals surface area contributed by atoms with Crippen molar-refractivity contribution in [3.05, 3.63) is 65.5 Å². The first-order chi connectivity index (χ1) is 11.5. The Hall–Kier alpha value is -2.40. The Balaban J connectivity index is 1.85. The molecule has 5 heteroatoms. The summed E-state index contributed by atoms with van der Waals surface area (Å²) < 4.78 is 18.2. The van der Waals surface area contributed by atoms with E-state index in [4.69, 9.17) is 4.74 Å². The van der Waals surface area contributed by atoms with E-state index < -0.39 is 12.1 Å². The van der Waals surface area contributed by atoms with Gasteiger partial charge in [0, 0.05) is 6.42 Å². The Morgan fingerprint density at radius 2 is 1.96 bits per heavy atom. The summed E-state index contributed by atoms with van der Waals surface area (Å²) in [6.07, 6.45) is -0.119. The molecule has 2 aromatic rings. The minimum absolute atomic E-state index is 0.181. The highest BCUT2D eigenvalue weighted by Gasteiger charge is 2.18. The van der Waals surface area contributed by atoms with Gasteiger partial charge in [0.15, 0.2) is 0 Å². The maximum atomic E-state index is 13.1. The van der Waals surface area contributed by atoms with E-state index >= 15 is 0 Å². The van der Waals surface area contributed by atoms with Crippen LogP contribution >= 0.6 is 0 Å². The van der Waals surface area contributed by atoms with Gasteiger partial charge in [-0.2, -0.15) is 0 Å².